The summed E-state index contributed by atoms with van der Waals surface area (Å²) in [4.78, 5) is 18.6. The van der Waals surface area contributed by atoms with E-state index in [9.17, 15) is 9.18 Å². The molecule has 1 saturated heterocycles. The standard InChI is InChI=1S/C18H22FN5O2/c19-13-6-1-2-7-14(13)21-17(25)24-10-3-5-12(11-24)15-22-16(23-26-15)18(20)8-4-9-18/h1-2,6-7,12H,3-5,8-11,20H2,(H,21,25). The summed E-state index contributed by atoms with van der Waals surface area (Å²) in [5.41, 5.74) is 5.96. The SMILES string of the molecule is NC1(c2noc(C3CCCN(C(=O)Nc4ccccc4F)C3)n2)CCC1. The molecule has 7 nitrogen and oxygen atoms in total. The molecular formula is C18H22FN5O2. The molecule has 1 aromatic carbocycles. The van der Waals surface area contributed by atoms with Crippen molar-refractivity contribution in [2.24, 2.45) is 5.73 Å². The van der Waals surface area contributed by atoms with Crippen LogP contribution in [0.25, 0.3) is 0 Å². The summed E-state index contributed by atoms with van der Waals surface area (Å²) < 4.78 is 19.2. The fourth-order valence-electron chi connectivity index (χ4n) is 3.50. The van der Waals surface area contributed by atoms with E-state index < -0.39 is 11.4 Å². The highest BCUT2D eigenvalue weighted by Gasteiger charge is 2.40. The number of hydrogen-bond acceptors (Lipinski definition) is 5. The number of amides is 2. The fourth-order valence-corrected chi connectivity index (χ4v) is 3.50. The van der Waals surface area contributed by atoms with Gasteiger partial charge in [0.15, 0.2) is 5.82 Å². The van der Waals surface area contributed by atoms with Crippen LogP contribution in [0.3, 0.4) is 0 Å². The minimum Gasteiger partial charge on any atom is -0.339 e. The first-order chi connectivity index (χ1) is 12.5. The highest BCUT2D eigenvalue weighted by molar-refractivity contribution is 5.89. The first-order valence-corrected chi connectivity index (χ1v) is 8.98. The van der Waals surface area contributed by atoms with Gasteiger partial charge in [0.2, 0.25) is 5.89 Å². The van der Waals surface area contributed by atoms with Crippen LogP contribution in [-0.2, 0) is 5.54 Å². The zero-order valence-electron chi connectivity index (χ0n) is 14.4. The fraction of sp³-hybridized carbons (Fsp3) is 0.500. The smallest absolute Gasteiger partial charge is 0.321 e. The van der Waals surface area contributed by atoms with Crippen molar-refractivity contribution in [2.45, 2.75) is 43.6 Å². The Morgan fingerprint density at radius 3 is 2.88 bits per heavy atom. The molecular weight excluding hydrogens is 337 g/mol. The summed E-state index contributed by atoms with van der Waals surface area (Å²) in [7, 11) is 0. The summed E-state index contributed by atoms with van der Waals surface area (Å²) in [6.45, 7) is 1.07. The molecule has 0 spiro atoms. The molecule has 0 bridgehead atoms. The number of nitrogens with zero attached hydrogens (tertiary/aromatic N) is 3. The van der Waals surface area contributed by atoms with Crippen molar-refractivity contribution >= 4 is 11.7 Å². The quantitative estimate of drug-likeness (QED) is 0.878. The number of hydrogen-bond donors (Lipinski definition) is 2. The van der Waals surface area contributed by atoms with E-state index in [1.165, 1.54) is 12.1 Å². The van der Waals surface area contributed by atoms with Crippen LogP contribution < -0.4 is 11.1 Å². The molecule has 1 aliphatic heterocycles. The number of rotatable bonds is 3. The van der Waals surface area contributed by atoms with Gasteiger partial charge in [-0.3, -0.25) is 0 Å². The van der Waals surface area contributed by atoms with Crippen molar-refractivity contribution in [1.29, 1.82) is 0 Å². The van der Waals surface area contributed by atoms with Crippen LogP contribution in [0.2, 0.25) is 0 Å². The van der Waals surface area contributed by atoms with Gasteiger partial charge in [0, 0.05) is 13.1 Å². The number of anilines is 1. The lowest BCUT2D eigenvalue weighted by Crippen LogP contribution is -2.44. The van der Waals surface area contributed by atoms with Crippen molar-refractivity contribution in [3.05, 3.63) is 41.8 Å². The molecule has 3 N–H and O–H groups in total. The van der Waals surface area contributed by atoms with Gasteiger partial charge in [-0.25, -0.2) is 9.18 Å². The molecule has 2 aromatic rings. The van der Waals surface area contributed by atoms with Gasteiger partial charge in [-0.1, -0.05) is 17.3 Å². The molecule has 2 aliphatic rings. The first-order valence-electron chi connectivity index (χ1n) is 8.98. The summed E-state index contributed by atoms with van der Waals surface area (Å²) in [6, 6.07) is 5.80. The Bertz CT molecular complexity index is 804. The zero-order valence-corrected chi connectivity index (χ0v) is 14.4. The average molecular weight is 359 g/mol. The van der Waals surface area contributed by atoms with E-state index in [2.05, 4.69) is 15.5 Å². The minimum atomic E-state index is -0.460. The minimum absolute atomic E-state index is 0.0277. The summed E-state index contributed by atoms with van der Waals surface area (Å²) in [5, 5.41) is 6.68. The van der Waals surface area contributed by atoms with Crippen LogP contribution in [0, 0.1) is 5.82 Å². The van der Waals surface area contributed by atoms with E-state index in [1.807, 2.05) is 0 Å². The number of nitrogens with one attached hydrogen (secondary N) is 1. The molecule has 2 amide bonds. The van der Waals surface area contributed by atoms with Crippen molar-refractivity contribution in [3.63, 3.8) is 0 Å². The highest BCUT2D eigenvalue weighted by atomic mass is 19.1. The van der Waals surface area contributed by atoms with Crippen molar-refractivity contribution in [1.82, 2.24) is 15.0 Å². The number of urea groups is 1. The van der Waals surface area contributed by atoms with E-state index >= 15 is 0 Å². The molecule has 1 aromatic heterocycles. The second kappa shape index (κ2) is 6.68. The van der Waals surface area contributed by atoms with Crippen LogP contribution in [0.15, 0.2) is 28.8 Å². The third-order valence-electron chi connectivity index (χ3n) is 5.31. The third kappa shape index (κ3) is 3.16. The molecule has 2 heterocycles. The number of nitrogens with two attached hydrogens (primary N) is 1. The first kappa shape index (κ1) is 17.0. The topological polar surface area (TPSA) is 97.3 Å². The average Bonchev–Trinajstić information content (AvgIpc) is 3.12. The van der Waals surface area contributed by atoms with Crippen molar-refractivity contribution in [2.75, 3.05) is 18.4 Å². The molecule has 2 fully saturated rings. The Morgan fingerprint density at radius 1 is 1.35 bits per heavy atom. The number of likely N-dealkylation sites (tertiary alicyclic amines) is 1. The Morgan fingerprint density at radius 2 is 2.15 bits per heavy atom. The Hall–Kier alpha value is -2.48. The maximum absolute atomic E-state index is 13.7. The molecule has 1 unspecified atom stereocenters. The lowest BCUT2D eigenvalue weighted by Gasteiger charge is -2.34. The van der Waals surface area contributed by atoms with Gasteiger partial charge in [0.1, 0.15) is 5.82 Å². The predicted octanol–water partition coefficient (Wildman–Crippen LogP) is 2.96. The van der Waals surface area contributed by atoms with Gasteiger partial charge in [-0.2, -0.15) is 4.98 Å². The lowest BCUT2D eigenvalue weighted by atomic mass is 9.77. The van der Waals surface area contributed by atoms with Gasteiger partial charge in [-0.15, -0.1) is 0 Å². The molecule has 8 heteroatoms. The number of para-hydroxylation sites is 1. The Balaban J connectivity index is 1.42. The van der Waals surface area contributed by atoms with Crippen LogP contribution >= 0.6 is 0 Å². The van der Waals surface area contributed by atoms with Gasteiger partial charge in [0.25, 0.3) is 0 Å². The van der Waals surface area contributed by atoms with Crippen LogP contribution in [0.5, 0.6) is 0 Å². The Labute approximate surface area is 150 Å². The number of carbonyl (C=O) groups is 1. The van der Waals surface area contributed by atoms with Crippen LogP contribution in [0.4, 0.5) is 14.9 Å². The molecule has 26 heavy (non-hydrogen) atoms. The van der Waals surface area contributed by atoms with E-state index in [1.54, 1.807) is 17.0 Å². The largest absolute Gasteiger partial charge is 0.339 e. The molecule has 1 atom stereocenters. The molecule has 138 valence electrons. The third-order valence-corrected chi connectivity index (χ3v) is 5.31. The normalized spacial score (nSPS) is 21.9. The van der Waals surface area contributed by atoms with E-state index in [0.717, 1.165) is 32.1 Å². The maximum atomic E-state index is 13.7. The number of benzene rings is 1. The second-order valence-electron chi connectivity index (χ2n) is 7.16. The van der Waals surface area contributed by atoms with Crippen molar-refractivity contribution in [3.8, 4) is 0 Å². The zero-order chi connectivity index (χ0) is 18.1. The highest BCUT2D eigenvalue weighted by Crippen LogP contribution is 2.38. The van der Waals surface area contributed by atoms with E-state index in [-0.39, 0.29) is 17.6 Å². The molecule has 4 rings (SSSR count). The maximum Gasteiger partial charge on any atom is 0.321 e. The number of aromatic nitrogens is 2. The van der Waals surface area contributed by atoms with Crippen LogP contribution in [-0.4, -0.2) is 34.2 Å². The summed E-state index contributed by atoms with van der Waals surface area (Å²) in [5.74, 6) is 0.608. The molecule has 1 aliphatic carbocycles. The van der Waals surface area contributed by atoms with E-state index in [4.69, 9.17) is 10.3 Å². The molecule has 0 radical (unpaired) electrons. The number of piperidine rings is 1. The lowest BCUT2D eigenvalue weighted by molar-refractivity contribution is 0.183. The van der Waals surface area contributed by atoms with Gasteiger partial charge < -0.3 is 20.5 Å². The Kier molecular flexibility index (Phi) is 4.36. The number of halogens is 1. The summed E-state index contributed by atoms with van der Waals surface area (Å²) in [6.07, 6.45) is 4.50. The van der Waals surface area contributed by atoms with Gasteiger partial charge in [-0.05, 0) is 44.2 Å². The molecule has 1 saturated carbocycles. The van der Waals surface area contributed by atoms with Gasteiger partial charge in [0.05, 0.1) is 17.1 Å². The predicted molar refractivity (Wildman–Crippen MR) is 93.0 cm³/mol. The van der Waals surface area contributed by atoms with Crippen LogP contribution in [0.1, 0.15) is 49.7 Å². The van der Waals surface area contributed by atoms with E-state index in [0.29, 0.717) is 24.8 Å². The van der Waals surface area contributed by atoms with Gasteiger partial charge >= 0.3 is 6.03 Å². The number of carbonyl (C=O) groups excluding carboxylic acids is 1. The summed E-state index contributed by atoms with van der Waals surface area (Å²) >= 11 is 0. The van der Waals surface area contributed by atoms with Crippen molar-refractivity contribution < 1.29 is 13.7 Å². The monoisotopic (exact) mass is 359 g/mol. The second-order valence-corrected chi connectivity index (χ2v) is 7.16.